The first kappa shape index (κ1) is 16.8. The molecule has 2 unspecified atom stereocenters. The third-order valence-corrected chi connectivity index (χ3v) is 4.72. The summed E-state index contributed by atoms with van der Waals surface area (Å²) in [5.74, 6) is 0.694. The van der Waals surface area contributed by atoms with E-state index in [2.05, 4.69) is 25.2 Å². The normalized spacial score (nSPS) is 14.4. The van der Waals surface area contributed by atoms with Crippen molar-refractivity contribution >= 4 is 23.2 Å². The Labute approximate surface area is 127 Å². The fraction of sp³-hybridized carbons (Fsp3) is 0.625. The number of rotatable bonds is 8. The van der Waals surface area contributed by atoms with Gasteiger partial charge in [-0.3, -0.25) is 0 Å². The molecule has 0 aliphatic carbocycles. The van der Waals surface area contributed by atoms with Gasteiger partial charge in [0.15, 0.2) is 0 Å². The Hall–Kier alpha value is -0.240. The summed E-state index contributed by atoms with van der Waals surface area (Å²) in [4.78, 5) is 0. The maximum absolute atomic E-state index is 6.29. The minimum Gasteiger partial charge on any atom is -0.316 e. The molecule has 108 valence electrons. The smallest absolute Gasteiger partial charge is 0.0624 e. The summed E-state index contributed by atoms with van der Waals surface area (Å²) >= 11 is 12.4. The van der Waals surface area contributed by atoms with E-state index in [0.29, 0.717) is 22.0 Å². The summed E-state index contributed by atoms with van der Waals surface area (Å²) in [6, 6.07) is 6.36. The lowest BCUT2D eigenvalue weighted by atomic mass is 9.87. The molecular weight excluding hydrogens is 277 g/mol. The predicted molar refractivity (Wildman–Crippen MR) is 86.3 cm³/mol. The summed E-state index contributed by atoms with van der Waals surface area (Å²) in [6.07, 6.45) is 5.96. The van der Waals surface area contributed by atoms with Crippen LogP contribution in [0.4, 0.5) is 0 Å². The van der Waals surface area contributed by atoms with E-state index in [0.717, 1.165) is 12.0 Å². The monoisotopic (exact) mass is 301 g/mol. The largest absolute Gasteiger partial charge is 0.316 e. The highest BCUT2D eigenvalue weighted by atomic mass is 35.5. The Morgan fingerprint density at radius 1 is 1.21 bits per heavy atom. The lowest BCUT2D eigenvalue weighted by Crippen LogP contribution is -2.35. The van der Waals surface area contributed by atoms with E-state index in [-0.39, 0.29) is 0 Å². The van der Waals surface area contributed by atoms with E-state index >= 15 is 0 Å². The van der Waals surface area contributed by atoms with Crippen molar-refractivity contribution in [3.8, 4) is 0 Å². The lowest BCUT2D eigenvalue weighted by Gasteiger charge is -2.26. The molecule has 0 spiro atoms. The van der Waals surface area contributed by atoms with Crippen LogP contribution in [0.1, 0.15) is 45.1 Å². The van der Waals surface area contributed by atoms with Crippen LogP contribution in [0.25, 0.3) is 0 Å². The van der Waals surface area contributed by atoms with Gasteiger partial charge in [-0.1, -0.05) is 68.4 Å². The fourth-order valence-electron chi connectivity index (χ4n) is 2.60. The Kier molecular flexibility index (Phi) is 7.82. The van der Waals surface area contributed by atoms with E-state index in [1.165, 1.54) is 25.7 Å². The fourth-order valence-corrected chi connectivity index (χ4v) is 3.00. The molecule has 0 saturated heterocycles. The highest BCUT2D eigenvalue weighted by Gasteiger charge is 2.19. The molecule has 0 fully saturated rings. The number of hydrogen-bond acceptors (Lipinski definition) is 1. The van der Waals surface area contributed by atoms with Gasteiger partial charge < -0.3 is 5.32 Å². The summed E-state index contributed by atoms with van der Waals surface area (Å²) in [7, 11) is 2.04. The van der Waals surface area contributed by atoms with Crippen molar-refractivity contribution < 1.29 is 0 Å². The second-order valence-corrected chi connectivity index (χ2v) is 5.91. The van der Waals surface area contributed by atoms with Gasteiger partial charge >= 0.3 is 0 Å². The first-order valence-corrected chi connectivity index (χ1v) is 7.99. The molecule has 1 aromatic rings. The molecular formula is C16H25Cl2N. The summed E-state index contributed by atoms with van der Waals surface area (Å²) in [5.41, 5.74) is 1.14. The van der Waals surface area contributed by atoms with Crippen molar-refractivity contribution in [1.82, 2.24) is 5.32 Å². The van der Waals surface area contributed by atoms with Crippen molar-refractivity contribution in [2.75, 3.05) is 7.05 Å². The molecule has 1 rings (SSSR count). The highest BCUT2D eigenvalue weighted by Crippen LogP contribution is 2.28. The van der Waals surface area contributed by atoms with Crippen molar-refractivity contribution in [2.45, 2.75) is 52.0 Å². The quantitative estimate of drug-likeness (QED) is 0.683. The van der Waals surface area contributed by atoms with Crippen LogP contribution in [0.3, 0.4) is 0 Å². The molecule has 3 heteroatoms. The highest BCUT2D eigenvalue weighted by molar-refractivity contribution is 6.42. The Bertz CT molecular complexity index is 379. The lowest BCUT2D eigenvalue weighted by molar-refractivity contribution is 0.330. The van der Waals surface area contributed by atoms with E-state index in [1.807, 2.05) is 19.2 Å². The number of benzene rings is 1. The molecule has 0 aliphatic rings. The molecule has 0 aliphatic heterocycles. The minimum atomic E-state index is 0.465. The van der Waals surface area contributed by atoms with Crippen LogP contribution >= 0.6 is 23.2 Å². The van der Waals surface area contributed by atoms with Crippen molar-refractivity contribution in [2.24, 2.45) is 5.92 Å². The number of unbranched alkanes of at least 4 members (excludes halogenated alkanes) is 1. The zero-order chi connectivity index (χ0) is 14.3. The number of hydrogen-bond donors (Lipinski definition) is 1. The third-order valence-electron chi connectivity index (χ3n) is 3.86. The summed E-state index contributed by atoms with van der Waals surface area (Å²) in [5, 5.41) is 4.81. The van der Waals surface area contributed by atoms with Crippen LogP contribution in [0.15, 0.2) is 18.2 Å². The molecule has 1 nitrogen and oxygen atoms in total. The SMILES string of the molecule is CCCCC(CC)C(Cc1cccc(Cl)c1Cl)NC. The number of nitrogens with one attached hydrogen (secondary N) is 1. The van der Waals surface area contributed by atoms with E-state index in [4.69, 9.17) is 23.2 Å². The second-order valence-electron chi connectivity index (χ2n) is 5.12. The Morgan fingerprint density at radius 3 is 2.53 bits per heavy atom. The van der Waals surface area contributed by atoms with Crippen LogP contribution in [0.5, 0.6) is 0 Å². The maximum atomic E-state index is 6.29. The molecule has 1 aromatic carbocycles. The Balaban J connectivity index is 2.77. The average Bonchev–Trinajstić information content (AvgIpc) is 2.42. The molecule has 0 amide bonds. The minimum absolute atomic E-state index is 0.465. The van der Waals surface area contributed by atoms with Crippen LogP contribution in [0, 0.1) is 5.92 Å². The molecule has 0 bridgehead atoms. The van der Waals surface area contributed by atoms with Crippen LogP contribution < -0.4 is 5.32 Å². The predicted octanol–water partition coefficient (Wildman–Crippen LogP) is 5.34. The summed E-state index contributed by atoms with van der Waals surface area (Å²) < 4.78 is 0. The summed E-state index contributed by atoms with van der Waals surface area (Å²) in [6.45, 7) is 4.51. The number of halogens is 2. The van der Waals surface area contributed by atoms with Gasteiger partial charge in [-0.2, -0.15) is 0 Å². The van der Waals surface area contributed by atoms with E-state index in [9.17, 15) is 0 Å². The van der Waals surface area contributed by atoms with Crippen molar-refractivity contribution in [3.05, 3.63) is 33.8 Å². The molecule has 0 aromatic heterocycles. The zero-order valence-corrected chi connectivity index (χ0v) is 13.7. The van der Waals surface area contributed by atoms with Gasteiger partial charge in [0.25, 0.3) is 0 Å². The van der Waals surface area contributed by atoms with E-state index < -0.39 is 0 Å². The van der Waals surface area contributed by atoms with Gasteiger partial charge in [-0.05, 0) is 37.4 Å². The Morgan fingerprint density at radius 2 is 1.95 bits per heavy atom. The van der Waals surface area contributed by atoms with Gasteiger partial charge in [-0.15, -0.1) is 0 Å². The molecule has 1 N–H and O–H groups in total. The third kappa shape index (κ3) is 4.98. The number of likely N-dealkylation sites (N-methyl/N-ethyl adjacent to an activating group) is 1. The van der Waals surface area contributed by atoms with Gasteiger partial charge in [0.2, 0.25) is 0 Å². The van der Waals surface area contributed by atoms with Crippen molar-refractivity contribution in [1.29, 1.82) is 0 Å². The topological polar surface area (TPSA) is 12.0 Å². The van der Waals surface area contributed by atoms with Gasteiger partial charge in [-0.25, -0.2) is 0 Å². The molecule has 0 radical (unpaired) electrons. The van der Waals surface area contributed by atoms with Crippen LogP contribution in [0.2, 0.25) is 10.0 Å². The molecule has 19 heavy (non-hydrogen) atoms. The van der Waals surface area contributed by atoms with Gasteiger partial charge in [0.05, 0.1) is 10.0 Å². The molecule has 0 saturated carbocycles. The standard InChI is InChI=1S/C16H25Cl2N/c1-4-6-8-12(5-2)15(19-3)11-13-9-7-10-14(17)16(13)18/h7,9-10,12,15,19H,4-6,8,11H2,1-3H3. The van der Waals surface area contributed by atoms with Crippen LogP contribution in [-0.2, 0) is 6.42 Å². The van der Waals surface area contributed by atoms with Crippen LogP contribution in [-0.4, -0.2) is 13.1 Å². The first-order chi connectivity index (χ1) is 9.13. The molecule has 0 heterocycles. The first-order valence-electron chi connectivity index (χ1n) is 7.24. The second kappa shape index (κ2) is 8.84. The molecule has 2 atom stereocenters. The maximum Gasteiger partial charge on any atom is 0.0624 e. The van der Waals surface area contributed by atoms with Gasteiger partial charge in [0, 0.05) is 6.04 Å². The van der Waals surface area contributed by atoms with Crippen molar-refractivity contribution in [3.63, 3.8) is 0 Å². The van der Waals surface area contributed by atoms with Gasteiger partial charge in [0.1, 0.15) is 0 Å². The van der Waals surface area contributed by atoms with E-state index in [1.54, 1.807) is 0 Å². The average molecular weight is 302 g/mol. The zero-order valence-electron chi connectivity index (χ0n) is 12.2.